The lowest BCUT2D eigenvalue weighted by Gasteiger charge is -2.26. The fourth-order valence-corrected chi connectivity index (χ4v) is 2.33. The standard InChI is InChI=1S/C16H17F4NO3/c1-3-24-15(23)9(12(21)7-4-5-7)13(22)8-6-16(2,20)14(19)11(18)10(8)17/h6-7,14,21-22H,3-5H2,1-2H3. The summed E-state index contributed by atoms with van der Waals surface area (Å²) in [6.07, 6.45) is -1.31. The summed E-state index contributed by atoms with van der Waals surface area (Å²) in [5.41, 5.74) is -4.88. The van der Waals surface area contributed by atoms with E-state index in [2.05, 4.69) is 0 Å². The Morgan fingerprint density at radius 3 is 2.54 bits per heavy atom. The highest BCUT2D eigenvalue weighted by atomic mass is 19.2. The molecule has 0 aromatic carbocycles. The van der Waals surface area contributed by atoms with Crippen LogP contribution in [-0.4, -0.2) is 35.2 Å². The number of esters is 1. The van der Waals surface area contributed by atoms with Crippen molar-refractivity contribution in [3.8, 4) is 0 Å². The van der Waals surface area contributed by atoms with E-state index in [4.69, 9.17) is 10.1 Å². The number of aliphatic hydroxyl groups is 1. The van der Waals surface area contributed by atoms with Crippen molar-refractivity contribution in [3.05, 3.63) is 34.6 Å². The summed E-state index contributed by atoms with van der Waals surface area (Å²) in [6.45, 7) is 2.08. The summed E-state index contributed by atoms with van der Waals surface area (Å²) >= 11 is 0. The zero-order chi connectivity index (χ0) is 18.2. The van der Waals surface area contributed by atoms with Gasteiger partial charge in [0.2, 0.25) is 0 Å². The molecule has 1 fully saturated rings. The Labute approximate surface area is 136 Å². The van der Waals surface area contributed by atoms with Crippen molar-refractivity contribution < 1.29 is 32.2 Å². The number of hydrogen-bond acceptors (Lipinski definition) is 4. The number of hydrogen-bond donors (Lipinski definition) is 2. The van der Waals surface area contributed by atoms with Crippen LogP contribution in [0.2, 0.25) is 0 Å². The van der Waals surface area contributed by atoms with Gasteiger partial charge in [-0.25, -0.2) is 22.4 Å². The maximum Gasteiger partial charge on any atom is 0.343 e. The Morgan fingerprint density at radius 2 is 2.04 bits per heavy atom. The predicted octanol–water partition coefficient (Wildman–Crippen LogP) is 3.95. The van der Waals surface area contributed by atoms with Crippen molar-refractivity contribution in [2.24, 2.45) is 5.92 Å². The highest BCUT2D eigenvalue weighted by molar-refractivity contribution is 6.20. The minimum Gasteiger partial charge on any atom is -0.506 e. The molecule has 2 N–H and O–H groups in total. The van der Waals surface area contributed by atoms with Crippen LogP contribution in [0.25, 0.3) is 0 Å². The van der Waals surface area contributed by atoms with Gasteiger partial charge in [0.05, 0.1) is 17.9 Å². The number of carbonyl (C=O) groups excluding carboxylic acids is 1. The van der Waals surface area contributed by atoms with E-state index in [0.717, 1.165) is 0 Å². The topological polar surface area (TPSA) is 70.4 Å². The van der Waals surface area contributed by atoms with Crippen molar-refractivity contribution in [1.29, 1.82) is 5.41 Å². The lowest BCUT2D eigenvalue weighted by Crippen LogP contribution is -2.34. The number of rotatable bonds is 5. The average Bonchev–Trinajstić information content (AvgIpc) is 3.34. The molecule has 8 heteroatoms. The van der Waals surface area contributed by atoms with Crippen LogP contribution in [0.5, 0.6) is 0 Å². The van der Waals surface area contributed by atoms with Crippen LogP contribution >= 0.6 is 0 Å². The zero-order valence-electron chi connectivity index (χ0n) is 13.1. The van der Waals surface area contributed by atoms with Crippen molar-refractivity contribution in [2.75, 3.05) is 6.61 Å². The van der Waals surface area contributed by atoms with Crippen molar-refractivity contribution in [1.82, 2.24) is 0 Å². The summed E-state index contributed by atoms with van der Waals surface area (Å²) in [5, 5.41) is 18.2. The Bertz CT molecular complexity index is 675. The molecule has 132 valence electrons. The van der Waals surface area contributed by atoms with Crippen LogP contribution < -0.4 is 0 Å². The highest BCUT2D eigenvalue weighted by Gasteiger charge is 2.45. The Kier molecular flexibility index (Phi) is 4.87. The number of nitrogens with one attached hydrogen (secondary N) is 1. The van der Waals surface area contributed by atoms with Gasteiger partial charge in [-0.05, 0) is 32.8 Å². The van der Waals surface area contributed by atoms with Crippen LogP contribution in [0.15, 0.2) is 34.6 Å². The second-order valence-electron chi connectivity index (χ2n) is 5.87. The molecule has 0 aromatic rings. The molecule has 0 aliphatic heterocycles. The third kappa shape index (κ3) is 3.22. The number of allylic oxidation sites excluding steroid dienone is 3. The lowest BCUT2D eigenvalue weighted by molar-refractivity contribution is -0.138. The van der Waals surface area contributed by atoms with E-state index < -0.39 is 46.4 Å². The second-order valence-corrected chi connectivity index (χ2v) is 5.87. The van der Waals surface area contributed by atoms with Crippen LogP contribution in [0.4, 0.5) is 17.6 Å². The quantitative estimate of drug-likeness (QED) is 0.260. The third-order valence-corrected chi connectivity index (χ3v) is 3.82. The number of alkyl halides is 2. The van der Waals surface area contributed by atoms with Gasteiger partial charge < -0.3 is 15.3 Å². The van der Waals surface area contributed by atoms with Gasteiger partial charge in [-0.1, -0.05) is 0 Å². The minimum absolute atomic E-state index is 0.0767. The number of ether oxygens (including phenoxy) is 1. The molecule has 2 aliphatic carbocycles. The lowest BCUT2D eigenvalue weighted by atomic mass is 9.89. The van der Waals surface area contributed by atoms with Gasteiger partial charge >= 0.3 is 5.97 Å². The van der Waals surface area contributed by atoms with E-state index in [1.54, 1.807) is 0 Å². The second kappa shape index (κ2) is 6.41. The fourth-order valence-electron chi connectivity index (χ4n) is 2.33. The summed E-state index contributed by atoms with van der Waals surface area (Å²) < 4.78 is 59.9. The van der Waals surface area contributed by atoms with Crippen LogP contribution in [0.1, 0.15) is 26.7 Å². The van der Waals surface area contributed by atoms with E-state index in [1.165, 1.54) is 6.92 Å². The Hall–Kier alpha value is -2.12. The molecule has 0 amide bonds. The van der Waals surface area contributed by atoms with E-state index in [1.807, 2.05) is 0 Å². The van der Waals surface area contributed by atoms with E-state index >= 15 is 0 Å². The summed E-state index contributed by atoms with van der Waals surface area (Å²) in [7, 11) is 0. The molecular weight excluding hydrogens is 330 g/mol. The maximum absolute atomic E-state index is 14.1. The Balaban J connectivity index is 2.57. The first-order valence-electron chi connectivity index (χ1n) is 7.42. The van der Waals surface area contributed by atoms with Crippen molar-refractivity contribution in [2.45, 2.75) is 38.5 Å². The first-order chi connectivity index (χ1) is 11.1. The summed E-state index contributed by atoms with van der Waals surface area (Å²) in [5.74, 6) is -6.37. The molecule has 2 rings (SSSR count). The maximum atomic E-state index is 14.1. The summed E-state index contributed by atoms with van der Waals surface area (Å²) in [6, 6.07) is 0. The molecule has 4 nitrogen and oxygen atoms in total. The van der Waals surface area contributed by atoms with Crippen LogP contribution in [0, 0.1) is 11.3 Å². The largest absolute Gasteiger partial charge is 0.506 e. The molecule has 0 saturated heterocycles. The SMILES string of the molecule is CCOC(=O)C(C(=N)C1CC1)=C(O)C1=CC(C)(F)C(F)C(F)=C1F. The monoisotopic (exact) mass is 347 g/mol. The molecule has 1 saturated carbocycles. The molecule has 0 aromatic heterocycles. The molecule has 0 radical (unpaired) electrons. The van der Waals surface area contributed by atoms with Crippen LogP contribution in [-0.2, 0) is 9.53 Å². The van der Waals surface area contributed by atoms with E-state index in [0.29, 0.717) is 25.8 Å². The molecule has 2 unspecified atom stereocenters. The molecule has 0 bridgehead atoms. The summed E-state index contributed by atoms with van der Waals surface area (Å²) in [4.78, 5) is 12.0. The van der Waals surface area contributed by atoms with Gasteiger partial charge in [0.1, 0.15) is 11.3 Å². The third-order valence-electron chi connectivity index (χ3n) is 3.82. The Morgan fingerprint density at radius 1 is 1.46 bits per heavy atom. The highest BCUT2D eigenvalue weighted by Crippen LogP contribution is 2.41. The molecule has 0 spiro atoms. The first kappa shape index (κ1) is 18.2. The average molecular weight is 347 g/mol. The first-order valence-corrected chi connectivity index (χ1v) is 7.42. The van der Waals surface area contributed by atoms with Gasteiger partial charge in [-0.15, -0.1) is 0 Å². The number of carbonyl (C=O) groups is 1. The smallest absolute Gasteiger partial charge is 0.343 e. The van der Waals surface area contributed by atoms with Gasteiger partial charge in [0.15, 0.2) is 23.5 Å². The van der Waals surface area contributed by atoms with Gasteiger partial charge in [-0.2, -0.15) is 0 Å². The molecule has 2 aliphatic rings. The fraction of sp³-hybridized carbons (Fsp3) is 0.500. The normalized spacial score (nSPS) is 28.2. The van der Waals surface area contributed by atoms with Gasteiger partial charge in [-0.3, -0.25) is 0 Å². The van der Waals surface area contributed by atoms with Crippen molar-refractivity contribution in [3.63, 3.8) is 0 Å². The molecule has 0 heterocycles. The molecular formula is C16H17F4NO3. The van der Waals surface area contributed by atoms with Gasteiger partial charge in [0, 0.05) is 5.92 Å². The zero-order valence-corrected chi connectivity index (χ0v) is 13.1. The van der Waals surface area contributed by atoms with Crippen molar-refractivity contribution >= 4 is 11.7 Å². The van der Waals surface area contributed by atoms with E-state index in [9.17, 15) is 27.5 Å². The van der Waals surface area contributed by atoms with Gasteiger partial charge in [0.25, 0.3) is 0 Å². The minimum atomic E-state index is -2.91. The number of halogens is 4. The van der Waals surface area contributed by atoms with Crippen LogP contribution in [0.3, 0.4) is 0 Å². The number of aliphatic hydroxyl groups excluding tert-OH is 1. The molecule has 24 heavy (non-hydrogen) atoms. The van der Waals surface area contributed by atoms with E-state index in [-0.39, 0.29) is 18.2 Å². The predicted molar refractivity (Wildman–Crippen MR) is 78.5 cm³/mol. The molecule has 2 atom stereocenters.